The molecule has 1 saturated heterocycles. The lowest BCUT2D eigenvalue weighted by Gasteiger charge is -2.33. The second-order valence-corrected chi connectivity index (χ2v) is 8.36. The van der Waals surface area contributed by atoms with Gasteiger partial charge in [-0.3, -0.25) is 4.68 Å². The van der Waals surface area contributed by atoms with Gasteiger partial charge in [-0.1, -0.05) is 6.07 Å². The van der Waals surface area contributed by atoms with Crippen molar-refractivity contribution in [2.24, 2.45) is 5.92 Å². The first kappa shape index (κ1) is 19.3. The number of rotatable bonds is 3. The Morgan fingerprint density at radius 2 is 2.00 bits per heavy atom. The number of ether oxygens (including phenoxy) is 1. The molecule has 1 aromatic heterocycles. The average Bonchev–Trinajstić information content (AvgIpc) is 3.04. The molecule has 0 radical (unpaired) electrons. The van der Waals surface area contributed by atoms with E-state index in [9.17, 15) is 9.90 Å². The highest BCUT2D eigenvalue weighted by Crippen LogP contribution is 2.27. The molecule has 3 rings (SSSR count). The summed E-state index contributed by atoms with van der Waals surface area (Å²) < 4.78 is 7.42. The maximum Gasteiger partial charge on any atom is 0.410 e. The van der Waals surface area contributed by atoms with Gasteiger partial charge in [0.1, 0.15) is 11.4 Å². The molecule has 27 heavy (non-hydrogen) atoms. The van der Waals surface area contributed by atoms with Crippen molar-refractivity contribution in [3.8, 4) is 16.9 Å². The number of carbonyl (C=O) groups is 1. The number of likely N-dealkylation sites (tertiary alicyclic amines) is 1. The molecule has 1 aromatic carbocycles. The predicted octanol–water partition coefficient (Wildman–Crippen LogP) is 4.21. The Kier molecular flexibility index (Phi) is 5.44. The Morgan fingerprint density at radius 1 is 1.30 bits per heavy atom. The Balaban J connectivity index is 1.56. The highest BCUT2D eigenvalue weighted by Gasteiger charge is 2.27. The fourth-order valence-corrected chi connectivity index (χ4v) is 3.41. The maximum absolute atomic E-state index is 12.2. The van der Waals surface area contributed by atoms with E-state index in [4.69, 9.17) is 4.74 Å². The van der Waals surface area contributed by atoms with Crippen molar-refractivity contribution < 1.29 is 14.6 Å². The third-order valence-electron chi connectivity index (χ3n) is 4.88. The molecule has 1 aliphatic heterocycles. The first-order chi connectivity index (χ1) is 12.7. The average molecular weight is 371 g/mol. The number of nitrogens with zero attached hydrogens (tertiary/aromatic N) is 3. The topological polar surface area (TPSA) is 67.6 Å². The van der Waals surface area contributed by atoms with Crippen molar-refractivity contribution in [3.05, 3.63) is 36.2 Å². The molecule has 0 aliphatic carbocycles. The molecule has 1 N–H and O–H groups in total. The fourth-order valence-electron chi connectivity index (χ4n) is 3.41. The zero-order valence-corrected chi connectivity index (χ0v) is 16.6. The van der Waals surface area contributed by atoms with Gasteiger partial charge in [-0.2, -0.15) is 5.10 Å². The Morgan fingerprint density at radius 3 is 2.67 bits per heavy atom. The smallest absolute Gasteiger partial charge is 0.410 e. The number of benzene rings is 1. The summed E-state index contributed by atoms with van der Waals surface area (Å²) in [6, 6.07) is 5.38. The molecule has 2 aromatic rings. The minimum Gasteiger partial charge on any atom is -0.508 e. The molecule has 146 valence electrons. The fraction of sp³-hybridized carbons (Fsp3) is 0.524. The van der Waals surface area contributed by atoms with Crippen LogP contribution in [0.3, 0.4) is 0 Å². The van der Waals surface area contributed by atoms with Gasteiger partial charge < -0.3 is 14.7 Å². The number of hydrogen-bond donors (Lipinski definition) is 1. The maximum atomic E-state index is 12.2. The predicted molar refractivity (Wildman–Crippen MR) is 105 cm³/mol. The van der Waals surface area contributed by atoms with E-state index < -0.39 is 5.60 Å². The third-order valence-corrected chi connectivity index (χ3v) is 4.88. The van der Waals surface area contributed by atoms with Crippen molar-refractivity contribution in [1.82, 2.24) is 14.7 Å². The molecular formula is C21H29N3O3. The molecule has 2 heterocycles. The van der Waals surface area contributed by atoms with Crippen LogP contribution in [0.15, 0.2) is 30.6 Å². The number of phenols is 1. The van der Waals surface area contributed by atoms with E-state index in [1.165, 1.54) is 0 Å². The van der Waals surface area contributed by atoms with E-state index in [0.717, 1.165) is 49.2 Å². The Hall–Kier alpha value is -2.50. The number of aryl methyl sites for hydroxylation is 1. The summed E-state index contributed by atoms with van der Waals surface area (Å²) in [5.41, 5.74) is 2.66. The Labute approximate surface area is 160 Å². The summed E-state index contributed by atoms with van der Waals surface area (Å²) in [7, 11) is 0. The van der Waals surface area contributed by atoms with Crippen LogP contribution in [0.5, 0.6) is 5.75 Å². The number of carbonyl (C=O) groups excluding carboxylic acids is 1. The molecule has 0 atom stereocenters. The summed E-state index contributed by atoms with van der Waals surface area (Å²) in [6.07, 6.45) is 5.54. The minimum atomic E-state index is -0.455. The van der Waals surface area contributed by atoms with E-state index >= 15 is 0 Å². The molecule has 0 spiro atoms. The van der Waals surface area contributed by atoms with Gasteiger partial charge in [0.2, 0.25) is 0 Å². The standard InChI is InChI=1S/C21H29N3O3/c1-15-5-6-18(25)11-19(15)17-12-22-24(14-17)13-16-7-9-23(10-8-16)20(26)27-21(2,3)4/h5-6,11-12,14,16,25H,7-10,13H2,1-4H3. The van der Waals surface area contributed by atoms with E-state index in [2.05, 4.69) is 5.10 Å². The monoisotopic (exact) mass is 371 g/mol. The normalized spacial score (nSPS) is 15.8. The molecule has 6 heteroatoms. The quantitative estimate of drug-likeness (QED) is 0.877. The van der Waals surface area contributed by atoms with Gasteiger partial charge in [0, 0.05) is 31.4 Å². The van der Waals surface area contributed by atoms with Crippen molar-refractivity contribution in [2.45, 2.75) is 52.7 Å². The zero-order valence-electron chi connectivity index (χ0n) is 16.6. The van der Waals surface area contributed by atoms with Gasteiger partial charge in [-0.15, -0.1) is 0 Å². The van der Waals surface area contributed by atoms with Crippen LogP contribution in [0.25, 0.3) is 11.1 Å². The number of piperidine rings is 1. The summed E-state index contributed by atoms with van der Waals surface area (Å²) in [6.45, 7) is 9.97. The first-order valence-electron chi connectivity index (χ1n) is 9.51. The molecule has 0 saturated carbocycles. The van der Waals surface area contributed by atoms with E-state index in [0.29, 0.717) is 5.92 Å². The number of phenolic OH excluding ortho intramolecular Hbond substituents is 1. The lowest BCUT2D eigenvalue weighted by molar-refractivity contribution is 0.0177. The summed E-state index contributed by atoms with van der Waals surface area (Å²) in [5, 5.41) is 14.2. The van der Waals surface area contributed by atoms with Gasteiger partial charge in [0.15, 0.2) is 0 Å². The van der Waals surface area contributed by atoms with Crippen LogP contribution in [0, 0.1) is 12.8 Å². The van der Waals surface area contributed by atoms with E-state index in [-0.39, 0.29) is 11.8 Å². The summed E-state index contributed by atoms with van der Waals surface area (Å²) >= 11 is 0. The molecule has 1 fully saturated rings. The second kappa shape index (κ2) is 7.62. The van der Waals surface area contributed by atoms with Crippen molar-refractivity contribution >= 4 is 6.09 Å². The van der Waals surface area contributed by atoms with Crippen LogP contribution in [0.2, 0.25) is 0 Å². The van der Waals surface area contributed by atoms with Crippen LogP contribution < -0.4 is 0 Å². The van der Waals surface area contributed by atoms with Gasteiger partial charge in [0.05, 0.1) is 6.20 Å². The minimum absolute atomic E-state index is 0.221. The van der Waals surface area contributed by atoms with Crippen LogP contribution in [0.4, 0.5) is 4.79 Å². The molecular weight excluding hydrogens is 342 g/mol. The highest BCUT2D eigenvalue weighted by atomic mass is 16.6. The van der Waals surface area contributed by atoms with Gasteiger partial charge >= 0.3 is 6.09 Å². The van der Waals surface area contributed by atoms with Gasteiger partial charge in [-0.05, 0) is 69.7 Å². The van der Waals surface area contributed by atoms with Crippen LogP contribution in [-0.4, -0.2) is 44.6 Å². The van der Waals surface area contributed by atoms with Crippen molar-refractivity contribution in [3.63, 3.8) is 0 Å². The molecule has 1 aliphatic rings. The van der Waals surface area contributed by atoms with Crippen molar-refractivity contribution in [1.29, 1.82) is 0 Å². The highest BCUT2D eigenvalue weighted by molar-refractivity contribution is 5.68. The van der Waals surface area contributed by atoms with E-state index in [1.54, 1.807) is 17.0 Å². The van der Waals surface area contributed by atoms with Crippen molar-refractivity contribution in [2.75, 3.05) is 13.1 Å². The summed E-state index contributed by atoms with van der Waals surface area (Å²) in [4.78, 5) is 14.0. The number of amides is 1. The third kappa shape index (κ3) is 5.02. The number of aromatic hydroxyl groups is 1. The lowest BCUT2D eigenvalue weighted by atomic mass is 9.97. The molecule has 0 unspecified atom stereocenters. The molecule has 0 bridgehead atoms. The molecule has 1 amide bonds. The first-order valence-corrected chi connectivity index (χ1v) is 9.51. The van der Waals surface area contributed by atoms with Crippen LogP contribution in [0.1, 0.15) is 39.2 Å². The largest absolute Gasteiger partial charge is 0.508 e. The Bertz CT molecular complexity index is 799. The van der Waals surface area contributed by atoms with Gasteiger partial charge in [0.25, 0.3) is 0 Å². The summed E-state index contributed by atoms with van der Waals surface area (Å²) in [5.74, 6) is 0.750. The number of aromatic nitrogens is 2. The lowest BCUT2D eigenvalue weighted by Crippen LogP contribution is -2.42. The van der Waals surface area contributed by atoms with Crippen LogP contribution in [-0.2, 0) is 11.3 Å². The van der Waals surface area contributed by atoms with Crippen LogP contribution >= 0.6 is 0 Å². The number of hydrogen-bond acceptors (Lipinski definition) is 4. The SMILES string of the molecule is Cc1ccc(O)cc1-c1cnn(CC2CCN(C(=O)OC(C)(C)C)CC2)c1. The van der Waals surface area contributed by atoms with E-state index in [1.807, 2.05) is 50.8 Å². The zero-order chi connectivity index (χ0) is 19.6. The second-order valence-electron chi connectivity index (χ2n) is 8.36. The van der Waals surface area contributed by atoms with Gasteiger partial charge in [-0.25, -0.2) is 4.79 Å². The molecule has 6 nitrogen and oxygen atoms in total.